The summed E-state index contributed by atoms with van der Waals surface area (Å²) in [5.74, 6) is -0.627. The Morgan fingerprint density at radius 2 is 1.81 bits per heavy atom. The van der Waals surface area contributed by atoms with Gasteiger partial charge in [-0.25, -0.2) is 0 Å². The first-order valence-electron chi connectivity index (χ1n) is 8.65. The molecular formula is C17H29NO3. The van der Waals surface area contributed by atoms with E-state index in [0.717, 1.165) is 45.4 Å². The number of carbonyl (C=O) groups is 1. The molecule has 1 N–H and O–H groups in total. The number of likely N-dealkylation sites (tertiary alicyclic amines) is 1. The molecule has 0 bridgehead atoms. The number of piperidine rings is 1. The van der Waals surface area contributed by atoms with Crippen LogP contribution in [0.1, 0.15) is 64.7 Å². The fourth-order valence-corrected chi connectivity index (χ4v) is 4.45. The molecule has 0 radical (unpaired) electrons. The molecule has 0 aromatic heterocycles. The van der Waals surface area contributed by atoms with Gasteiger partial charge in [0, 0.05) is 12.6 Å². The standard InChI is InChI=1S/C17H29NO3/c1-16(15(19)20)8-10-18(11-9-16)14-5-12-21-17(13-14)6-3-2-4-7-17/h14H,2-13H2,1H3,(H,19,20). The molecule has 1 aliphatic carbocycles. The Kier molecular flexibility index (Phi) is 4.28. The van der Waals surface area contributed by atoms with E-state index in [2.05, 4.69) is 4.90 Å². The predicted molar refractivity (Wildman–Crippen MR) is 81.3 cm³/mol. The summed E-state index contributed by atoms with van der Waals surface area (Å²) < 4.78 is 6.19. The normalized spacial score (nSPS) is 32.9. The summed E-state index contributed by atoms with van der Waals surface area (Å²) in [6.45, 7) is 4.66. The molecule has 4 nitrogen and oxygen atoms in total. The van der Waals surface area contributed by atoms with Gasteiger partial charge in [-0.1, -0.05) is 19.3 Å². The minimum atomic E-state index is -0.627. The Balaban J connectivity index is 1.59. The fraction of sp³-hybridized carbons (Fsp3) is 0.941. The topological polar surface area (TPSA) is 49.8 Å². The van der Waals surface area contributed by atoms with Gasteiger partial charge in [0.2, 0.25) is 0 Å². The molecule has 2 saturated heterocycles. The van der Waals surface area contributed by atoms with E-state index in [1.165, 1.54) is 32.1 Å². The lowest BCUT2D eigenvalue weighted by atomic mass is 9.76. The van der Waals surface area contributed by atoms with E-state index in [-0.39, 0.29) is 5.60 Å². The molecule has 3 aliphatic rings. The van der Waals surface area contributed by atoms with Crippen LogP contribution in [-0.2, 0) is 9.53 Å². The Morgan fingerprint density at radius 3 is 2.43 bits per heavy atom. The Bertz CT molecular complexity index is 376. The summed E-state index contributed by atoms with van der Waals surface area (Å²) in [5, 5.41) is 9.35. The molecule has 1 saturated carbocycles. The predicted octanol–water partition coefficient (Wildman–Crippen LogP) is 3.06. The van der Waals surface area contributed by atoms with E-state index in [0.29, 0.717) is 6.04 Å². The summed E-state index contributed by atoms with van der Waals surface area (Å²) in [5.41, 5.74) is -0.362. The molecule has 2 heterocycles. The average Bonchev–Trinajstić information content (AvgIpc) is 2.49. The summed E-state index contributed by atoms with van der Waals surface area (Å²) >= 11 is 0. The van der Waals surface area contributed by atoms with Crippen molar-refractivity contribution in [1.82, 2.24) is 4.90 Å². The Labute approximate surface area is 127 Å². The van der Waals surface area contributed by atoms with Crippen LogP contribution in [0, 0.1) is 5.41 Å². The Morgan fingerprint density at radius 1 is 1.14 bits per heavy atom. The van der Waals surface area contributed by atoms with Gasteiger partial charge in [-0.2, -0.15) is 0 Å². The molecular weight excluding hydrogens is 266 g/mol. The van der Waals surface area contributed by atoms with Crippen LogP contribution < -0.4 is 0 Å². The number of rotatable bonds is 2. The number of hydrogen-bond donors (Lipinski definition) is 1. The molecule has 1 atom stereocenters. The van der Waals surface area contributed by atoms with Gasteiger partial charge in [-0.15, -0.1) is 0 Å². The van der Waals surface area contributed by atoms with Crippen molar-refractivity contribution in [3.8, 4) is 0 Å². The second-order valence-electron chi connectivity index (χ2n) is 7.64. The molecule has 1 unspecified atom stereocenters. The highest BCUT2D eigenvalue weighted by atomic mass is 16.5. The SMILES string of the molecule is CC1(C(=O)O)CCN(C2CCOC3(CCCCC3)C2)CC1. The minimum Gasteiger partial charge on any atom is -0.481 e. The number of carboxylic acids is 1. The monoisotopic (exact) mass is 295 g/mol. The van der Waals surface area contributed by atoms with Crippen molar-refractivity contribution in [2.45, 2.75) is 76.4 Å². The molecule has 0 aromatic rings. The third-order valence-electron chi connectivity index (χ3n) is 6.17. The van der Waals surface area contributed by atoms with E-state index in [1.54, 1.807) is 0 Å². The zero-order valence-corrected chi connectivity index (χ0v) is 13.3. The number of aliphatic carboxylic acids is 1. The molecule has 1 spiro atoms. The number of hydrogen-bond acceptors (Lipinski definition) is 3. The van der Waals surface area contributed by atoms with Gasteiger partial charge in [0.05, 0.1) is 11.0 Å². The smallest absolute Gasteiger partial charge is 0.309 e. The molecule has 0 amide bonds. The highest BCUT2D eigenvalue weighted by Crippen LogP contribution is 2.41. The summed E-state index contributed by atoms with van der Waals surface area (Å²) in [6, 6.07) is 0.607. The highest BCUT2D eigenvalue weighted by molar-refractivity contribution is 5.74. The van der Waals surface area contributed by atoms with Gasteiger partial charge >= 0.3 is 5.97 Å². The van der Waals surface area contributed by atoms with Crippen molar-refractivity contribution in [3.63, 3.8) is 0 Å². The van der Waals surface area contributed by atoms with Crippen molar-refractivity contribution in [2.24, 2.45) is 5.41 Å². The summed E-state index contributed by atoms with van der Waals surface area (Å²) in [6.07, 6.45) is 10.3. The van der Waals surface area contributed by atoms with Crippen LogP contribution in [0.25, 0.3) is 0 Å². The molecule has 120 valence electrons. The zero-order valence-electron chi connectivity index (χ0n) is 13.3. The highest BCUT2D eigenvalue weighted by Gasteiger charge is 2.43. The van der Waals surface area contributed by atoms with E-state index in [4.69, 9.17) is 4.74 Å². The third kappa shape index (κ3) is 3.11. The molecule has 3 fully saturated rings. The van der Waals surface area contributed by atoms with Gasteiger partial charge < -0.3 is 14.7 Å². The van der Waals surface area contributed by atoms with Gasteiger partial charge in [0.25, 0.3) is 0 Å². The van der Waals surface area contributed by atoms with Crippen molar-refractivity contribution < 1.29 is 14.6 Å². The van der Waals surface area contributed by atoms with Crippen LogP contribution in [-0.4, -0.2) is 47.3 Å². The third-order valence-corrected chi connectivity index (χ3v) is 6.17. The first-order valence-corrected chi connectivity index (χ1v) is 8.65. The zero-order chi connectivity index (χ0) is 14.9. The van der Waals surface area contributed by atoms with Gasteiger partial charge in [0.1, 0.15) is 0 Å². The van der Waals surface area contributed by atoms with Crippen molar-refractivity contribution in [3.05, 3.63) is 0 Å². The minimum absolute atomic E-state index is 0.148. The molecule has 4 heteroatoms. The second kappa shape index (κ2) is 5.88. The maximum absolute atomic E-state index is 11.4. The molecule has 0 aromatic carbocycles. The van der Waals surface area contributed by atoms with E-state index in [9.17, 15) is 9.90 Å². The first-order chi connectivity index (χ1) is 10.0. The largest absolute Gasteiger partial charge is 0.481 e. The number of ether oxygens (including phenoxy) is 1. The van der Waals surface area contributed by atoms with Crippen LogP contribution in [0.4, 0.5) is 0 Å². The fourth-order valence-electron chi connectivity index (χ4n) is 4.45. The van der Waals surface area contributed by atoms with Gasteiger partial charge in [-0.05, 0) is 58.5 Å². The van der Waals surface area contributed by atoms with Crippen LogP contribution >= 0.6 is 0 Å². The Hall–Kier alpha value is -0.610. The van der Waals surface area contributed by atoms with Crippen molar-refractivity contribution in [1.29, 1.82) is 0 Å². The molecule has 2 aliphatic heterocycles. The summed E-state index contributed by atoms with van der Waals surface area (Å²) in [7, 11) is 0. The first kappa shape index (κ1) is 15.3. The number of carboxylic acid groups (broad SMARTS) is 1. The molecule has 21 heavy (non-hydrogen) atoms. The summed E-state index contributed by atoms with van der Waals surface area (Å²) in [4.78, 5) is 13.9. The maximum Gasteiger partial charge on any atom is 0.309 e. The quantitative estimate of drug-likeness (QED) is 0.850. The van der Waals surface area contributed by atoms with Crippen LogP contribution in [0.3, 0.4) is 0 Å². The molecule has 3 rings (SSSR count). The lowest BCUT2D eigenvalue weighted by molar-refractivity contribution is -0.153. The average molecular weight is 295 g/mol. The van der Waals surface area contributed by atoms with E-state index < -0.39 is 11.4 Å². The lowest BCUT2D eigenvalue weighted by Crippen LogP contribution is -2.53. The second-order valence-corrected chi connectivity index (χ2v) is 7.64. The maximum atomic E-state index is 11.4. The van der Waals surface area contributed by atoms with E-state index in [1.807, 2.05) is 6.92 Å². The van der Waals surface area contributed by atoms with Crippen molar-refractivity contribution in [2.75, 3.05) is 19.7 Å². The van der Waals surface area contributed by atoms with Gasteiger partial charge in [-0.3, -0.25) is 4.79 Å². The van der Waals surface area contributed by atoms with Gasteiger partial charge in [0.15, 0.2) is 0 Å². The van der Waals surface area contributed by atoms with Crippen molar-refractivity contribution >= 4 is 5.97 Å². The van der Waals surface area contributed by atoms with Crippen LogP contribution in [0.5, 0.6) is 0 Å². The lowest BCUT2D eigenvalue weighted by Gasteiger charge is -2.48. The van der Waals surface area contributed by atoms with E-state index >= 15 is 0 Å². The number of nitrogens with zero attached hydrogens (tertiary/aromatic N) is 1. The van der Waals surface area contributed by atoms with Crippen LogP contribution in [0.15, 0.2) is 0 Å². The van der Waals surface area contributed by atoms with Crippen LogP contribution in [0.2, 0.25) is 0 Å².